The van der Waals surface area contributed by atoms with E-state index in [2.05, 4.69) is 23.0 Å². The van der Waals surface area contributed by atoms with E-state index in [4.69, 9.17) is 16.8 Å². The summed E-state index contributed by atoms with van der Waals surface area (Å²) in [7, 11) is 0. The summed E-state index contributed by atoms with van der Waals surface area (Å²) in [5, 5.41) is 13.2. The highest BCUT2D eigenvalue weighted by Crippen LogP contribution is 2.20. The van der Waals surface area contributed by atoms with Gasteiger partial charge in [0, 0.05) is 37.0 Å². The van der Waals surface area contributed by atoms with E-state index < -0.39 is 0 Å². The van der Waals surface area contributed by atoms with E-state index in [1.807, 2.05) is 18.2 Å². The molecule has 1 heterocycles. The minimum atomic E-state index is 0.378. The summed E-state index contributed by atoms with van der Waals surface area (Å²) in [5.74, 6) is 0.378. The predicted molar refractivity (Wildman–Crippen MR) is 74.3 cm³/mol. The van der Waals surface area contributed by atoms with Crippen molar-refractivity contribution >= 4 is 17.3 Å². The lowest BCUT2D eigenvalue weighted by molar-refractivity contribution is 0.220. The highest BCUT2D eigenvalue weighted by atomic mass is 35.5. The van der Waals surface area contributed by atoms with Crippen LogP contribution in [0, 0.1) is 5.92 Å². The van der Waals surface area contributed by atoms with E-state index in [9.17, 15) is 0 Å². The van der Waals surface area contributed by atoms with Crippen LogP contribution >= 0.6 is 11.6 Å². The first-order chi connectivity index (χ1) is 8.72. The van der Waals surface area contributed by atoms with Crippen LogP contribution in [-0.2, 0) is 6.54 Å². The molecule has 0 bridgehead atoms. The molecule has 1 aromatic rings. The van der Waals surface area contributed by atoms with Crippen LogP contribution in [0.1, 0.15) is 25.3 Å². The molecule has 2 rings (SSSR count). The summed E-state index contributed by atoms with van der Waals surface area (Å²) in [6.45, 7) is 4.96. The monoisotopic (exact) mass is 266 g/mol. The molecule has 0 amide bonds. The van der Waals surface area contributed by atoms with E-state index >= 15 is 0 Å². The molecule has 0 aliphatic carbocycles. The molecule has 0 aromatic heterocycles. The van der Waals surface area contributed by atoms with Crippen LogP contribution in [0.2, 0.25) is 5.02 Å². The van der Waals surface area contributed by atoms with Gasteiger partial charge in [-0.2, -0.15) is 0 Å². The van der Waals surface area contributed by atoms with Crippen molar-refractivity contribution in [1.29, 1.82) is 0 Å². The van der Waals surface area contributed by atoms with Gasteiger partial charge >= 0.3 is 0 Å². The normalized spacial score (nSPS) is 23.4. The fraction of sp³-hybridized carbons (Fsp3) is 0.500. The maximum Gasteiger partial charge on any atom is 0.0627 e. The third kappa shape index (κ3) is 3.24. The maximum atomic E-state index is 8.96. The molecule has 1 fully saturated rings. The Morgan fingerprint density at radius 1 is 1.50 bits per heavy atom. The molecule has 3 nitrogen and oxygen atoms in total. The smallest absolute Gasteiger partial charge is 0.0627 e. The van der Waals surface area contributed by atoms with Crippen LogP contribution < -0.4 is 0 Å². The molecule has 1 aromatic carbocycles. The van der Waals surface area contributed by atoms with Gasteiger partial charge in [-0.3, -0.25) is 4.90 Å². The molecular formula is C14H19ClN2O. The molecule has 0 spiro atoms. The van der Waals surface area contributed by atoms with Crippen molar-refractivity contribution in [2.75, 3.05) is 13.1 Å². The molecular weight excluding hydrogens is 248 g/mol. The Hall–Kier alpha value is -1.06. The number of oxime groups is 1. The van der Waals surface area contributed by atoms with Crippen molar-refractivity contribution in [2.45, 2.75) is 26.3 Å². The van der Waals surface area contributed by atoms with Crippen molar-refractivity contribution in [1.82, 2.24) is 4.90 Å². The van der Waals surface area contributed by atoms with E-state index in [1.165, 1.54) is 5.56 Å². The van der Waals surface area contributed by atoms with Crippen molar-refractivity contribution < 1.29 is 5.21 Å². The number of rotatable bonds is 3. The van der Waals surface area contributed by atoms with Crippen LogP contribution in [0.4, 0.5) is 0 Å². The first-order valence-electron chi connectivity index (χ1n) is 6.40. The van der Waals surface area contributed by atoms with E-state index in [0.29, 0.717) is 5.92 Å². The van der Waals surface area contributed by atoms with Gasteiger partial charge in [0.05, 0.1) is 5.71 Å². The summed E-state index contributed by atoms with van der Waals surface area (Å²) in [4.78, 5) is 2.40. The van der Waals surface area contributed by atoms with Gasteiger partial charge in [-0.1, -0.05) is 35.8 Å². The number of piperidine rings is 1. The zero-order valence-corrected chi connectivity index (χ0v) is 11.4. The first kappa shape index (κ1) is 13.4. The lowest BCUT2D eigenvalue weighted by Crippen LogP contribution is -2.40. The van der Waals surface area contributed by atoms with Crippen molar-refractivity contribution in [3.63, 3.8) is 0 Å². The zero-order chi connectivity index (χ0) is 13.0. The van der Waals surface area contributed by atoms with Crippen molar-refractivity contribution in [3.05, 3.63) is 34.9 Å². The van der Waals surface area contributed by atoms with E-state index in [0.717, 1.165) is 43.2 Å². The van der Waals surface area contributed by atoms with Gasteiger partial charge in [0.15, 0.2) is 0 Å². The van der Waals surface area contributed by atoms with E-state index in [1.54, 1.807) is 0 Å². The van der Waals surface area contributed by atoms with E-state index in [-0.39, 0.29) is 0 Å². The Balaban J connectivity index is 1.99. The Kier molecular flexibility index (Phi) is 4.61. The summed E-state index contributed by atoms with van der Waals surface area (Å²) >= 11 is 5.99. The van der Waals surface area contributed by atoms with Gasteiger partial charge in [0.1, 0.15) is 0 Å². The maximum absolute atomic E-state index is 8.96. The summed E-state index contributed by atoms with van der Waals surface area (Å²) < 4.78 is 0. The molecule has 98 valence electrons. The standard InChI is InChI=1S/C14H19ClN2O/c1-2-12-10-17(7-6-14(12)16-18)9-11-4-3-5-13(15)8-11/h3-5,8,12,18H,2,6-7,9-10H2,1H3/b16-14+. The fourth-order valence-electron chi connectivity index (χ4n) is 2.52. The van der Waals surface area contributed by atoms with Crippen LogP contribution in [0.25, 0.3) is 0 Å². The minimum Gasteiger partial charge on any atom is -0.411 e. The molecule has 0 saturated carbocycles. The first-order valence-corrected chi connectivity index (χ1v) is 6.78. The van der Waals surface area contributed by atoms with Gasteiger partial charge in [0.25, 0.3) is 0 Å². The number of benzene rings is 1. The minimum absolute atomic E-state index is 0.378. The third-order valence-electron chi connectivity index (χ3n) is 3.55. The van der Waals surface area contributed by atoms with Gasteiger partial charge in [-0.15, -0.1) is 0 Å². The molecule has 1 aliphatic rings. The quantitative estimate of drug-likeness (QED) is 0.672. The van der Waals surface area contributed by atoms with Gasteiger partial charge in [-0.05, 0) is 24.1 Å². The molecule has 18 heavy (non-hydrogen) atoms. The third-order valence-corrected chi connectivity index (χ3v) is 3.79. The molecule has 1 aliphatic heterocycles. The van der Waals surface area contributed by atoms with Crippen LogP contribution in [0.5, 0.6) is 0 Å². The van der Waals surface area contributed by atoms with Gasteiger partial charge in [0.2, 0.25) is 0 Å². The Bertz CT molecular complexity index is 434. The van der Waals surface area contributed by atoms with Crippen LogP contribution in [0.15, 0.2) is 29.4 Å². The van der Waals surface area contributed by atoms with Crippen LogP contribution in [0.3, 0.4) is 0 Å². The Morgan fingerprint density at radius 3 is 3.00 bits per heavy atom. The SMILES string of the molecule is CCC1CN(Cc2cccc(Cl)c2)CC/C1=N\O. The molecule has 1 saturated heterocycles. The topological polar surface area (TPSA) is 35.8 Å². The van der Waals surface area contributed by atoms with Gasteiger partial charge in [-0.25, -0.2) is 0 Å². The highest BCUT2D eigenvalue weighted by Gasteiger charge is 2.24. The average molecular weight is 267 g/mol. The largest absolute Gasteiger partial charge is 0.411 e. The van der Waals surface area contributed by atoms with Crippen molar-refractivity contribution in [3.8, 4) is 0 Å². The second-order valence-corrected chi connectivity index (χ2v) is 5.25. The van der Waals surface area contributed by atoms with Crippen molar-refractivity contribution in [2.24, 2.45) is 11.1 Å². The number of hydrogen-bond acceptors (Lipinski definition) is 3. The summed E-state index contributed by atoms with van der Waals surface area (Å²) in [6, 6.07) is 7.99. The molecule has 4 heteroatoms. The Morgan fingerprint density at radius 2 is 2.33 bits per heavy atom. The number of nitrogens with zero attached hydrogens (tertiary/aromatic N) is 2. The Labute approximate surface area is 113 Å². The molecule has 0 radical (unpaired) electrons. The molecule has 1 unspecified atom stereocenters. The molecule has 1 N–H and O–H groups in total. The van der Waals surface area contributed by atoms with Crippen LogP contribution in [-0.4, -0.2) is 28.9 Å². The number of likely N-dealkylation sites (tertiary alicyclic amines) is 1. The second kappa shape index (κ2) is 6.21. The predicted octanol–water partition coefficient (Wildman–Crippen LogP) is 3.40. The lowest BCUT2D eigenvalue weighted by atomic mass is 9.93. The highest BCUT2D eigenvalue weighted by molar-refractivity contribution is 6.30. The summed E-state index contributed by atoms with van der Waals surface area (Å²) in [6.07, 6.45) is 1.88. The summed E-state index contributed by atoms with van der Waals surface area (Å²) in [5.41, 5.74) is 2.18. The van der Waals surface area contributed by atoms with Gasteiger partial charge < -0.3 is 5.21 Å². The average Bonchev–Trinajstić information content (AvgIpc) is 2.38. The molecule has 1 atom stereocenters. The second-order valence-electron chi connectivity index (χ2n) is 4.81. The fourth-order valence-corrected chi connectivity index (χ4v) is 2.73. The lowest BCUT2D eigenvalue weighted by Gasteiger charge is -2.32. The number of hydrogen-bond donors (Lipinski definition) is 1. The zero-order valence-electron chi connectivity index (χ0n) is 10.6. The number of halogens is 1.